The molecule has 8 rings (SSSR count). The van der Waals surface area contributed by atoms with E-state index >= 15 is 0 Å². The number of nitrogens with zero attached hydrogens (tertiary/aromatic N) is 1. The van der Waals surface area contributed by atoms with Gasteiger partial charge in [0.05, 0.1) is 35.2 Å². The lowest BCUT2D eigenvalue weighted by atomic mass is 9.68. The Morgan fingerprint density at radius 2 is 1.74 bits per heavy atom. The van der Waals surface area contributed by atoms with Crippen molar-refractivity contribution in [1.29, 1.82) is 0 Å². The Kier molecular flexibility index (Phi) is 8.03. The smallest absolute Gasteiger partial charge is 0.416 e. The minimum atomic E-state index is -4.55. The van der Waals surface area contributed by atoms with E-state index in [9.17, 15) is 32.3 Å². The molecule has 3 fully saturated rings. The number of amides is 3. The van der Waals surface area contributed by atoms with Crippen LogP contribution in [0, 0.1) is 29.6 Å². The fourth-order valence-electron chi connectivity index (χ4n) is 8.35. The maximum Gasteiger partial charge on any atom is 0.416 e. The van der Waals surface area contributed by atoms with E-state index in [0.29, 0.717) is 16.5 Å². The van der Waals surface area contributed by atoms with E-state index in [-0.39, 0.29) is 57.0 Å². The zero-order valence-corrected chi connectivity index (χ0v) is 28.4. The second-order valence-electron chi connectivity index (χ2n) is 12.8. The molecule has 3 amide bonds. The summed E-state index contributed by atoms with van der Waals surface area (Å²) in [4.78, 5) is 58.0. The minimum Gasteiger partial charge on any atom is -0.493 e. The van der Waals surface area contributed by atoms with Crippen molar-refractivity contribution in [3.63, 3.8) is 0 Å². The maximum absolute atomic E-state index is 14.0. The average molecular weight is 742 g/mol. The number of methoxy groups -OCH3 is 1. The third kappa shape index (κ3) is 5.39. The number of alkyl halides is 3. The third-order valence-corrected chi connectivity index (χ3v) is 13.0. The van der Waals surface area contributed by atoms with Gasteiger partial charge in [-0.1, -0.05) is 35.1 Å². The van der Waals surface area contributed by atoms with Crippen molar-refractivity contribution < 1.29 is 37.0 Å². The number of rotatable bonds is 7. The van der Waals surface area contributed by atoms with Crippen LogP contribution in [0.25, 0.3) is 0 Å². The van der Waals surface area contributed by atoms with E-state index in [1.807, 2.05) is 6.07 Å². The van der Waals surface area contributed by atoms with Crippen molar-refractivity contribution in [3.05, 3.63) is 97.4 Å². The van der Waals surface area contributed by atoms with E-state index in [4.69, 9.17) is 21.1 Å². The molecule has 4 unspecified atom stereocenters. The van der Waals surface area contributed by atoms with E-state index < -0.39 is 36.1 Å². The van der Waals surface area contributed by atoms with E-state index in [1.165, 1.54) is 24.1 Å². The van der Waals surface area contributed by atoms with Crippen LogP contribution in [0.1, 0.15) is 28.3 Å². The highest BCUT2D eigenvalue weighted by Crippen LogP contribution is 2.68. The van der Waals surface area contributed by atoms with E-state index in [2.05, 4.69) is 10.3 Å². The number of thiazole rings is 1. The molecule has 4 aromatic rings. The highest BCUT2D eigenvalue weighted by Gasteiger charge is 2.69. The predicted molar refractivity (Wildman–Crippen MR) is 181 cm³/mol. The van der Waals surface area contributed by atoms with Gasteiger partial charge in [-0.15, -0.1) is 11.8 Å². The van der Waals surface area contributed by atoms with Gasteiger partial charge in [0.15, 0.2) is 18.1 Å². The molecule has 4 aliphatic rings. The molecule has 2 bridgehead atoms. The topological polar surface area (TPSA) is 118 Å². The van der Waals surface area contributed by atoms with Crippen molar-refractivity contribution in [2.75, 3.05) is 23.9 Å². The fourth-order valence-corrected chi connectivity index (χ4v) is 11.4. The number of halogens is 4. The number of aromatic nitrogens is 1. The summed E-state index contributed by atoms with van der Waals surface area (Å²) in [5.41, 5.74) is 0.414. The Balaban J connectivity index is 1.06. The summed E-state index contributed by atoms with van der Waals surface area (Å²) >= 11 is 8.78. The van der Waals surface area contributed by atoms with E-state index in [0.717, 1.165) is 45.4 Å². The number of nitrogens with one attached hydrogen (secondary N) is 2. The Morgan fingerprint density at radius 3 is 2.46 bits per heavy atom. The highest BCUT2D eigenvalue weighted by atomic mass is 35.5. The van der Waals surface area contributed by atoms with Crippen LogP contribution in [0.15, 0.2) is 76.6 Å². The number of benzene rings is 3. The van der Waals surface area contributed by atoms with Crippen LogP contribution in [0.3, 0.4) is 0 Å². The second kappa shape index (κ2) is 12.2. The second-order valence-corrected chi connectivity index (χ2v) is 15.4. The number of anilines is 2. The Hall–Kier alpha value is -4.27. The molecular weight excluding hydrogens is 715 g/mol. The molecule has 3 heterocycles. The first-order chi connectivity index (χ1) is 23.9. The van der Waals surface area contributed by atoms with Crippen molar-refractivity contribution in [2.45, 2.75) is 28.8 Å². The molecule has 15 heteroatoms. The lowest BCUT2D eigenvalue weighted by Crippen LogP contribution is -2.42. The summed E-state index contributed by atoms with van der Waals surface area (Å²) < 4.78 is 50.7. The van der Waals surface area contributed by atoms with Gasteiger partial charge < -0.3 is 19.8 Å². The van der Waals surface area contributed by atoms with Gasteiger partial charge >= 0.3 is 11.0 Å². The van der Waals surface area contributed by atoms with Gasteiger partial charge in [0, 0.05) is 26.8 Å². The number of hydrogen-bond acceptors (Lipinski definition) is 8. The molecular formula is C35H27ClF3N3O6S2. The molecule has 1 saturated heterocycles. The number of carbonyl (C=O) groups is 3. The van der Waals surface area contributed by atoms with Crippen LogP contribution in [-0.2, 0) is 20.6 Å². The van der Waals surface area contributed by atoms with Crippen LogP contribution >= 0.6 is 34.7 Å². The SMILES string of the molecule is COc1cc([C@H]2c3sc(=O)[nH]c3SC3C2[C@H]2C[C@@H]3C3C(=O)N(c4ccc(Cl)cc4)C(=O)C32)ccc1OCC(=O)Nc1cccc(C(F)(F)F)c1. The van der Waals surface area contributed by atoms with Crippen molar-refractivity contribution in [1.82, 2.24) is 4.98 Å². The molecule has 7 atom stereocenters. The lowest BCUT2D eigenvalue weighted by molar-refractivity contribution is -0.137. The number of fused-ring (bicyclic) bond motifs is 9. The van der Waals surface area contributed by atoms with Crippen molar-refractivity contribution >= 4 is 63.8 Å². The molecule has 2 saturated carbocycles. The van der Waals surface area contributed by atoms with Crippen LogP contribution in [0.4, 0.5) is 24.5 Å². The molecule has 50 heavy (non-hydrogen) atoms. The van der Waals surface area contributed by atoms with Gasteiger partial charge in [0.25, 0.3) is 5.91 Å². The zero-order valence-electron chi connectivity index (χ0n) is 26.0. The Bertz CT molecular complexity index is 2100. The summed E-state index contributed by atoms with van der Waals surface area (Å²) in [7, 11) is 1.45. The third-order valence-electron chi connectivity index (χ3n) is 10.2. The Labute approximate surface area is 296 Å². The largest absolute Gasteiger partial charge is 0.493 e. The minimum absolute atomic E-state index is 0.0198. The van der Waals surface area contributed by atoms with Gasteiger partial charge in [-0.2, -0.15) is 13.2 Å². The number of carbonyl (C=O) groups excluding carboxylic acids is 3. The molecule has 0 spiro atoms. The lowest BCUT2D eigenvalue weighted by Gasteiger charge is -2.43. The number of hydrogen-bond donors (Lipinski definition) is 2. The fraction of sp³-hybridized carbons (Fsp3) is 0.314. The van der Waals surface area contributed by atoms with Gasteiger partial charge in [0.1, 0.15) is 0 Å². The van der Waals surface area contributed by atoms with E-state index in [1.54, 1.807) is 48.2 Å². The molecule has 2 aliphatic heterocycles. The van der Waals surface area contributed by atoms with Gasteiger partial charge in [-0.05, 0) is 84.3 Å². The molecule has 3 aromatic carbocycles. The first-order valence-corrected chi connectivity index (χ1v) is 17.8. The first kappa shape index (κ1) is 32.9. The van der Waals surface area contributed by atoms with Crippen LogP contribution in [0.5, 0.6) is 11.5 Å². The zero-order chi connectivity index (χ0) is 35.1. The maximum atomic E-state index is 14.0. The normalized spacial score (nSPS) is 26.4. The monoisotopic (exact) mass is 741 g/mol. The summed E-state index contributed by atoms with van der Waals surface area (Å²) in [5.74, 6) is -1.95. The van der Waals surface area contributed by atoms with Crippen molar-refractivity contribution in [2.24, 2.45) is 29.6 Å². The number of ether oxygens (including phenoxy) is 2. The molecule has 258 valence electrons. The van der Waals surface area contributed by atoms with Gasteiger partial charge in [-0.25, -0.2) is 0 Å². The quantitative estimate of drug-likeness (QED) is 0.200. The number of thioether (sulfide) groups is 1. The molecule has 1 aromatic heterocycles. The molecule has 2 N–H and O–H groups in total. The van der Waals surface area contributed by atoms with Gasteiger partial charge in [0.2, 0.25) is 11.8 Å². The van der Waals surface area contributed by atoms with Gasteiger partial charge in [-0.3, -0.25) is 24.1 Å². The average Bonchev–Trinajstić information content (AvgIpc) is 3.82. The first-order valence-electron chi connectivity index (χ1n) is 15.7. The summed E-state index contributed by atoms with van der Waals surface area (Å²) in [5, 5.41) is 3.66. The molecule has 9 nitrogen and oxygen atoms in total. The summed E-state index contributed by atoms with van der Waals surface area (Å²) in [6.07, 6.45) is -3.83. The van der Waals surface area contributed by atoms with Crippen LogP contribution < -0.4 is 24.6 Å². The summed E-state index contributed by atoms with van der Waals surface area (Å²) in [6.45, 7) is -0.493. The van der Waals surface area contributed by atoms with Crippen LogP contribution in [-0.4, -0.2) is 41.7 Å². The number of aromatic amines is 1. The predicted octanol–water partition coefficient (Wildman–Crippen LogP) is 6.81. The highest BCUT2D eigenvalue weighted by molar-refractivity contribution is 8.00. The molecule has 2 aliphatic carbocycles. The van der Waals surface area contributed by atoms with Crippen molar-refractivity contribution in [3.8, 4) is 11.5 Å². The summed E-state index contributed by atoms with van der Waals surface area (Å²) in [6, 6.07) is 16.3. The standard InChI is InChI=1S/C35H27ClF3N3O6S2/c1-47-23-11-15(5-10-22(23)48-14-24(43)40-18-4-2-3-16(12-18)35(37,38)39)25-26-20-13-21(29(26)49-31-30(25)50-34(46)41-31)28-27(20)32(44)42(33(28)45)19-8-6-17(36)7-9-19/h2-12,20-21,25-29H,13-14H2,1H3,(H,40,43)(H,41,46)/t20-,21-,25-,26?,27?,28?,29?/m1/s1. The molecule has 0 radical (unpaired) electrons. The number of imide groups is 1. The van der Waals surface area contributed by atoms with Crippen LogP contribution in [0.2, 0.25) is 5.02 Å². The number of H-pyrrole nitrogens is 1. The Morgan fingerprint density at radius 1 is 1.00 bits per heavy atom.